The number of nitrogens with zero attached hydrogens (tertiary/aromatic N) is 3. The number of nitrogens with one attached hydrogen (secondary N) is 1. The first-order chi connectivity index (χ1) is 16.9. The van der Waals surface area contributed by atoms with Gasteiger partial charge >= 0.3 is 0 Å². The minimum absolute atomic E-state index is 0.000379. The van der Waals surface area contributed by atoms with E-state index in [0.717, 1.165) is 81.5 Å². The normalized spacial score (nSPS) is 26.5. The van der Waals surface area contributed by atoms with E-state index in [2.05, 4.69) is 20.2 Å². The molecule has 3 aliphatic carbocycles. The highest BCUT2D eigenvalue weighted by Gasteiger charge is 2.52. The third kappa shape index (κ3) is 4.86. The van der Waals surface area contributed by atoms with Crippen LogP contribution < -0.4 is 15.0 Å². The van der Waals surface area contributed by atoms with E-state index in [-0.39, 0.29) is 16.9 Å². The standard InChI is InChI=1S/C27H36N4O4/c1-19-16-20(30-24(32)26-8-11-27(34-3,12-9-26)13-10-26)4-5-23(19)35-22-17-28-25(29-18-22)31-14-6-21(33-2)7-15-31/h4-5,16-18,21H,6-15H2,1-3H3,(H,30,32). The summed E-state index contributed by atoms with van der Waals surface area (Å²) in [5.74, 6) is 2.16. The highest BCUT2D eigenvalue weighted by atomic mass is 16.5. The van der Waals surface area contributed by atoms with Gasteiger partial charge in [0.25, 0.3) is 0 Å². The summed E-state index contributed by atoms with van der Waals surface area (Å²) in [5, 5.41) is 3.17. The Balaban J connectivity index is 1.19. The van der Waals surface area contributed by atoms with Crippen molar-refractivity contribution in [3.63, 3.8) is 0 Å². The molecule has 35 heavy (non-hydrogen) atoms. The molecule has 4 fully saturated rings. The number of rotatable bonds is 7. The molecule has 1 aliphatic heterocycles. The second-order valence-corrected chi connectivity index (χ2v) is 10.3. The van der Waals surface area contributed by atoms with E-state index in [1.807, 2.05) is 25.1 Å². The number of anilines is 2. The van der Waals surface area contributed by atoms with E-state index in [1.165, 1.54) is 0 Å². The number of hydrogen-bond donors (Lipinski definition) is 1. The van der Waals surface area contributed by atoms with Gasteiger partial charge in [-0.25, -0.2) is 9.97 Å². The maximum atomic E-state index is 13.2. The highest BCUT2D eigenvalue weighted by Crippen LogP contribution is 2.54. The lowest BCUT2D eigenvalue weighted by Gasteiger charge is -2.51. The Hall–Kier alpha value is -2.71. The van der Waals surface area contributed by atoms with Crippen LogP contribution in [0, 0.1) is 12.3 Å². The van der Waals surface area contributed by atoms with E-state index in [1.54, 1.807) is 26.6 Å². The molecule has 8 heteroatoms. The fourth-order valence-corrected chi connectivity index (χ4v) is 5.85. The van der Waals surface area contributed by atoms with Crippen molar-refractivity contribution in [3.05, 3.63) is 36.2 Å². The second-order valence-electron chi connectivity index (χ2n) is 10.3. The van der Waals surface area contributed by atoms with Crippen molar-refractivity contribution < 1.29 is 19.0 Å². The van der Waals surface area contributed by atoms with Gasteiger partial charge in [0.1, 0.15) is 5.75 Å². The number of amides is 1. The van der Waals surface area contributed by atoms with Gasteiger partial charge in [-0.3, -0.25) is 4.79 Å². The first kappa shape index (κ1) is 24.0. The van der Waals surface area contributed by atoms with Crippen LogP contribution in [-0.2, 0) is 14.3 Å². The molecule has 0 atom stereocenters. The summed E-state index contributed by atoms with van der Waals surface area (Å²) in [5.41, 5.74) is 1.48. The van der Waals surface area contributed by atoms with Gasteiger partial charge in [-0.05, 0) is 82.1 Å². The smallest absolute Gasteiger partial charge is 0.230 e. The van der Waals surface area contributed by atoms with Crippen LogP contribution in [-0.4, -0.2) is 54.9 Å². The fourth-order valence-electron chi connectivity index (χ4n) is 5.85. The largest absolute Gasteiger partial charge is 0.454 e. The molecule has 2 aromatic rings. The number of methoxy groups -OCH3 is 2. The van der Waals surface area contributed by atoms with Gasteiger partial charge in [0.05, 0.1) is 24.1 Å². The molecule has 1 aromatic carbocycles. The van der Waals surface area contributed by atoms with Crippen LogP contribution in [0.2, 0.25) is 0 Å². The van der Waals surface area contributed by atoms with Gasteiger partial charge in [-0.2, -0.15) is 0 Å². The van der Waals surface area contributed by atoms with E-state index >= 15 is 0 Å². The number of hydrogen-bond acceptors (Lipinski definition) is 7. The lowest BCUT2D eigenvalue weighted by molar-refractivity contribution is -0.148. The average Bonchev–Trinajstić information content (AvgIpc) is 2.92. The molecule has 2 bridgehead atoms. The molecular formula is C27H36N4O4. The molecule has 1 saturated heterocycles. The van der Waals surface area contributed by atoms with Crippen LogP contribution >= 0.6 is 0 Å². The molecule has 8 nitrogen and oxygen atoms in total. The first-order valence-corrected chi connectivity index (χ1v) is 12.7. The van der Waals surface area contributed by atoms with E-state index in [4.69, 9.17) is 14.2 Å². The summed E-state index contributed by atoms with van der Waals surface area (Å²) < 4.78 is 17.3. The molecule has 6 rings (SSSR count). The number of piperidine rings is 1. The van der Waals surface area contributed by atoms with E-state index < -0.39 is 0 Å². The number of benzene rings is 1. The van der Waals surface area contributed by atoms with E-state index in [0.29, 0.717) is 17.8 Å². The average molecular weight is 481 g/mol. The number of carbonyl (C=O) groups excluding carboxylic acids is 1. The van der Waals surface area contributed by atoms with Crippen molar-refractivity contribution in [2.24, 2.45) is 5.41 Å². The lowest BCUT2D eigenvalue weighted by atomic mass is 9.58. The van der Waals surface area contributed by atoms with Gasteiger partial charge in [0, 0.05) is 38.4 Å². The minimum atomic E-state index is -0.263. The Morgan fingerprint density at radius 1 is 1.03 bits per heavy atom. The topological polar surface area (TPSA) is 85.8 Å². The van der Waals surface area contributed by atoms with Gasteiger partial charge in [-0.1, -0.05) is 0 Å². The first-order valence-electron chi connectivity index (χ1n) is 12.7. The van der Waals surface area contributed by atoms with Crippen molar-refractivity contribution in [2.75, 3.05) is 37.5 Å². The zero-order valence-corrected chi connectivity index (χ0v) is 21.0. The van der Waals surface area contributed by atoms with Crippen LogP contribution in [0.25, 0.3) is 0 Å². The van der Waals surface area contributed by atoms with Crippen molar-refractivity contribution in [2.45, 2.75) is 70.0 Å². The zero-order chi connectivity index (χ0) is 24.5. The van der Waals surface area contributed by atoms with Crippen molar-refractivity contribution in [1.29, 1.82) is 0 Å². The third-order valence-corrected chi connectivity index (χ3v) is 8.43. The van der Waals surface area contributed by atoms with Crippen LogP contribution in [0.15, 0.2) is 30.6 Å². The predicted octanol–water partition coefficient (Wildman–Crippen LogP) is 4.87. The van der Waals surface area contributed by atoms with Gasteiger partial charge in [0.2, 0.25) is 11.9 Å². The highest BCUT2D eigenvalue weighted by molar-refractivity contribution is 5.95. The molecule has 2 heterocycles. The van der Waals surface area contributed by atoms with Crippen molar-refractivity contribution in [1.82, 2.24) is 9.97 Å². The molecule has 0 spiro atoms. The van der Waals surface area contributed by atoms with Crippen LogP contribution in [0.4, 0.5) is 11.6 Å². The minimum Gasteiger partial charge on any atom is -0.454 e. The molecule has 4 aliphatic rings. The fraction of sp³-hybridized carbons (Fsp3) is 0.593. The second kappa shape index (κ2) is 9.74. The Morgan fingerprint density at radius 2 is 1.69 bits per heavy atom. The Kier molecular flexibility index (Phi) is 6.68. The van der Waals surface area contributed by atoms with E-state index in [9.17, 15) is 4.79 Å². The molecule has 188 valence electrons. The number of aromatic nitrogens is 2. The molecule has 0 unspecified atom stereocenters. The van der Waals surface area contributed by atoms with Crippen LogP contribution in [0.3, 0.4) is 0 Å². The van der Waals surface area contributed by atoms with Crippen molar-refractivity contribution in [3.8, 4) is 11.5 Å². The van der Waals surface area contributed by atoms with Gasteiger partial charge in [0.15, 0.2) is 5.75 Å². The molecule has 3 saturated carbocycles. The Labute approximate surface area is 207 Å². The summed E-state index contributed by atoms with van der Waals surface area (Å²) in [6.45, 7) is 3.76. The zero-order valence-electron chi connectivity index (χ0n) is 21.0. The molecule has 1 amide bonds. The molecular weight excluding hydrogens is 444 g/mol. The summed E-state index contributed by atoms with van der Waals surface area (Å²) in [6, 6.07) is 5.76. The summed E-state index contributed by atoms with van der Waals surface area (Å²) >= 11 is 0. The van der Waals surface area contributed by atoms with Crippen LogP contribution in [0.5, 0.6) is 11.5 Å². The maximum absolute atomic E-state index is 13.2. The number of carbonyl (C=O) groups is 1. The molecule has 1 N–H and O–H groups in total. The van der Waals surface area contributed by atoms with Crippen LogP contribution in [0.1, 0.15) is 56.9 Å². The van der Waals surface area contributed by atoms with Crippen molar-refractivity contribution >= 4 is 17.5 Å². The number of aryl methyl sites for hydroxylation is 1. The third-order valence-electron chi connectivity index (χ3n) is 8.43. The number of fused-ring (bicyclic) bond motifs is 3. The monoisotopic (exact) mass is 480 g/mol. The Bertz CT molecular complexity index is 1030. The predicted molar refractivity (Wildman–Crippen MR) is 134 cm³/mol. The van der Waals surface area contributed by atoms with Gasteiger partial charge in [-0.15, -0.1) is 0 Å². The van der Waals surface area contributed by atoms with Gasteiger partial charge < -0.3 is 24.4 Å². The maximum Gasteiger partial charge on any atom is 0.230 e. The summed E-state index contributed by atoms with van der Waals surface area (Å²) in [7, 11) is 3.57. The number of ether oxygens (including phenoxy) is 3. The molecule has 1 aromatic heterocycles. The quantitative estimate of drug-likeness (QED) is 0.605. The summed E-state index contributed by atoms with van der Waals surface area (Å²) in [6.07, 6.45) is 11.3. The SMILES string of the molecule is COC1CCN(c2ncc(Oc3ccc(NC(=O)C45CCC(OC)(CC4)CC5)cc3C)cn2)CC1. The summed E-state index contributed by atoms with van der Waals surface area (Å²) in [4.78, 5) is 24.4. The Morgan fingerprint density at radius 3 is 2.26 bits per heavy atom. The molecule has 0 radical (unpaired) electrons. The lowest BCUT2D eigenvalue weighted by Crippen LogP contribution is -2.51.